The monoisotopic (exact) mass is 428 g/mol. The van der Waals surface area contributed by atoms with Crippen LogP contribution in [0.3, 0.4) is 0 Å². The van der Waals surface area contributed by atoms with Gasteiger partial charge in [0.2, 0.25) is 5.13 Å². The number of para-hydroxylation sites is 1. The molecule has 5 rings (SSSR count). The van der Waals surface area contributed by atoms with E-state index in [9.17, 15) is 9.90 Å². The van der Waals surface area contributed by atoms with E-state index in [1.165, 1.54) is 11.6 Å². The van der Waals surface area contributed by atoms with E-state index in [0.717, 1.165) is 45.0 Å². The fourth-order valence-electron chi connectivity index (χ4n) is 3.90. The van der Waals surface area contributed by atoms with E-state index in [1.807, 2.05) is 36.4 Å². The number of fused-ring (bicyclic) bond motifs is 2. The molecule has 2 aromatic carbocycles. The predicted molar refractivity (Wildman–Crippen MR) is 124 cm³/mol. The van der Waals surface area contributed by atoms with Crippen molar-refractivity contribution in [2.45, 2.75) is 25.7 Å². The molecular weight excluding hydrogens is 408 g/mol. The molecule has 0 amide bonds. The minimum absolute atomic E-state index is 0.0370. The van der Waals surface area contributed by atoms with E-state index >= 15 is 0 Å². The Balaban J connectivity index is 1.51. The van der Waals surface area contributed by atoms with Crippen LogP contribution < -0.4 is 5.43 Å². The molecule has 6 nitrogen and oxygen atoms in total. The molecular formula is C24H20N4O2S. The number of carboxylic acid groups (broad SMARTS) is 1. The number of nitrogens with one attached hydrogen (secondary N) is 1. The van der Waals surface area contributed by atoms with Gasteiger partial charge in [-0.1, -0.05) is 48.6 Å². The van der Waals surface area contributed by atoms with Gasteiger partial charge in [0.1, 0.15) is 5.69 Å². The number of carbonyl (C=O) groups is 1. The summed E-state index contributed by atoms with van der Waals surface area (Å²) in [6.07, 6.45) is 1.89. The van der Waals surface area contributed by atoms with Crippen molar-refractivity contribution in [3.05, 3.63) is 77.5 Å². The van der Waals surface area contributed by atoms with Gasteiger partial charge in [-0.3, -0.25) is 5.43 Å². The molecule has 0 saturated heterocycles. The highest BCUT2D eigenvalue weighted by Gasteiger charge is 2.22. The normalized spacial score (nSPS) is 16.9. The highest BCUT2D eigenvalue weighted by Crippen LogP contribution is 2.34. The summed E-state index contributed by atoms with van der Waals surface area (Å²) in [5, 5.41) is 14.7. The molecule has 0 saturated carbocycles. The fraction of sp³-hybridized carbons (Fsp3) is 0.167. The number of hydrogen-bond acceptors (Lipinski definition) is 6. The van der Waals surface area contributed by atoms with Crippen LogP contribution in [0.25, 0.3) is 21.5 Å². The lowest BCUT2D eigenvalue weighted by Crippen LogP contribution is -2.16. The summed E-state index contributed by atoms with van der Waals surface area (Å²) in [6, 6.07) is 19.3. The summed E-state index contributed by atoms with van der Waals surface area (Å²) in [5.41, 5.74) is 8.95. The van der Waals surface area contributed by atoms with Crippen molar-refractivity contribution in [3.8, 4) is 11.3 Å². The van der Waals surface area contributed by atoms with Gasteiger partial charge in [-0.2, -0.15) is 5.10 Å². The highest BCUT2D eigenvalue weighted by molar-refractivity contribution is 7.22. The minimum atomic E-state index is -1.03. The molecule has 0 spiro atoms. The number of nitrogens with zero attached hydrogens (tertiary/aromatic N) is 3. The first-order valence-corrected chi connectivity index (χ1v) is 10.9. The van der Waals surface area contributed by atoms with Crippen LogP contribution in [0.1, 0.15) is 47.3 Å². The summed E-state index contributed by atoms with van der Waals surface area (Å²) < 4.78 is 1.12. The van der Waals surface area contributed by atoms with Crippen LogP contribution in [0.15, 0.2) is 65.8 Å². The third kappa shape index (κ3) is 3.80. The van der Waals surface area contributed by atoms with Crippen LogP contribution in [0, 0.1) is 0 Å². The van der Waals surface area contributed by atoms with Crippen molar-refractivity contribution in [1.82, 2.24) is 9.97 Å². The molecule has 4 aromatic rings. The van der Waals surface area contributed by atoms with Crippen LogP contribution >= 0.6 is 11.3 Å². The van der Waals surface area contributed by atoms with Crippen LogP contribution in [0.2, 0.25) is 0 Å². The Bertz CT molecular complexity index is 1300. The highest BCUT2D eigenvalue weighted by atomic mass is 32.1. The van der Waals surface area contributed by atoms with Crippen molar-refractivity contribution in [3.63, 3.8) is 0 Å². The summed E-state index contributed by atoms with van der Waals surface area (Å²) >= 11 is 1.58. The molecule has 31 heavy (non-hydrogen) atoms. The van der Waals surface area contributed by atoms with Gasteiger partial charge in [-0.15, -0.1) is 0 Å². The van der Waals surface area contributed by atoms with E-state index < -0.39 is 5.97 Å². The van der Waals surface area contributed by atoms with Crippen LogP contribution in [0.4, 0.5) is 5.13 Å². The first kappa shape index (κ1) is 19.4. The molecule has 0 aliphatic heterocycles. The maximum atomic E-state index is 11.3. The molecule has 1 unspecified atom stereocenters. The number of aromatic nitrogens is 2. The van der Waals surface area contributed by atoms with Gasteiger partial charge in [0.25, 0.3) is 0 Å². The van der Waals surface area contributed by atoms with Crippen molar-refractivity contribution < 1.29 is 9.90 Å². The Kier molecular flexibility index (Phi) is 4.95. The quantitative estimate of drug-likeness (QED) is 0.403. The van der Waals surface area contributed by atoms with Gasteiger partial charge in [-0.25, -0.2) is 14.8 Å². The maximum absolute atomic E-state index is 11.3. The largest absolute Gasteiger partial charge is 0.477 e. The Morgan fingerprint density at radius 2 is 2.00 bits per heavy atom. The molecule has 154 valence electrons. The fourth-order valence-corrected chi connectivity index (χ4v) is 4.71. The number of carboxylic acids is 1. The smallest absolute Gasteiger partial charge is 0.354 e. The second kappa shape index (κ2) is 7.92. The van der Waals surface area contributed by atoms with Crippen molar-refractivity contribution in [2.75, 3.05) is 5.43 Å². The lowest BCUT2D eigenvalue weighted by molar-refractivity contribution is 0.0690. The number of thiazole rings is 1. The van der Waals surface area contributed by atoms with E-state index in [2.05, 4.69) is 34.5 Å². The van der Waals surface area contributed by atoms with Crippen molar-refractivity contribution in [1.29, 1.82) is 0 Å². The van der Waals surface area contributed by atoms with E-state index in [1.54, 1.807) is 17.4 Å². The number of anilines is 1. The molecule has 0 radical (unpaired) electrons. The third-order valence-corrected chi connectivity index (χ3v) is 6.49. The van der Waals surface area contributed by atoms with Gasteiger partial charge in [0.15, 0.2) is 0 Å². The zero-order valence-electron chi connectivity index (χ0n) is 16.9. The molecule has 1 atom stereocenters. The number of aromatic carboxylic acids is 1. The van der Waals surface area contributed by atoms with Crippen molar-refractivity contribution >= 4 is 38.4 Å². The second-order valence-electron chi connectivity index (χ2n) is 7.61. The molecule has 7 heteroatoms. The molecule has 2 N–H and O–H groups in total. The topological polar surface area (TPSA) is 87.5 Å². The summed E-state index contributed by atoms with van der Waals surface area (Å²) in [4.78, 5) is 20.2. The van der Waals surface area contributed by atoms with Gasteiger partial charge in [0, 0.05) is 11.1 Å². The Morgan fingerprint density at radius 3 is 2.84 bits per heavy atom. The van der Waals surface area contributed by atoms with E-state index in [4.69, 9.17) is 5.10 Å². The molecule has 0 bridgehead atoms. The number of benzene rings is 2. The third-order valence-electron chi connectivity index (χ3n) is 5.55. The average Bonchev–Trinajstić information content (AvgIpc) is 3.21. The molecule has 1 aliphatic rings. The van der Waals surface area contributed by atoms with Gasteiger partial charge in [-0.05, 0) is 54.7 Å². The van der Waals surface area contributed by atoms with Gasteiger partial charge >= 0.3 is 5.97 Å². The summed E-state index contributed by atoms with van der Waals surface area (Å²) in [6.45, 7) is 2.22. The lowest BCUT2D eigenvalue weighted by atomic mass is 9.82. The van der Waals surface area contributed by atoms with Gasteiger partial charge in [0.05, 0.1) is 21.6 Å². The lowest BCUT2D eigenvalue weighted by Gasteiger charge is -2.24. The Hall–Kier alpha value is -3.58. The molecule has 2 aromatic heterocycles. The van der Waals surface area contributed by atoms with E-state index in [-0.39, 0.29) is 5.69 Å². The summed E-state index contributed by atoms with van der Waals surface area (Å²) in [5.74, 6) is -0.598. The minimum Gasteiger partial charge on any atom is -0.477 e. The SMILES string of the molecule is CC1CC/C(=N/Nc2nc3ccccc3s2)c2cc(-c3cccc(C(=O)O)n3)ccc21. The zero-order chi connectivity index (χ0) is 21.4. The van der Waals surface area contributed by atoms with Crippen LogP contribution in [0.5, 0.6) is 0 Å². The Labute approximate surface area is 183 Å². The number of rotatable bonds is 4. The molecule has 0 fully saturated rings. The average molecular weight is 429 g/mol. The maximum Gasteiger partial charge on any atom is 0.354 e. The zero-order valence-corrected chi connectivity index (χ0v) is 17.7. The van der Waals surface area contributed by atoms with Crippen LogP contribution in [-0.2, 0) is 0 Å². The standard InChI is InChI=1S/C24H20N4O2S/c1-14-9-12-19(27-28-24-26-20-5-2-3-8-22(20)31-24)17-13-15(10-11-16(14)17)18-6-4-7-21(25-18)23(29)30/h2-8,10-11,13-14H,9,12H2,1H3,(H,26,28)(H,29,30)/b27-19-. The predicted octanol–water partition coefficient (Wildman–Crippen LogP) is 5.77. The Morgan fingerprint density at radius 1 is 1.13 bits per heavy atom. The number of hydrazone groups is 1. The van der Waals surface area contributed by atoms with Crippen LogP contribution in [-0.4, -0.2) is 26.8 Å². The molecule has 1 aliphatic carbocycles. The van der Waals surface area contributed by atoms with Crippen molar-refractivity contribution in [2.24, 2.45) is 5.10 Å². The summed E-state index contributed by atoms with van der Waals surface area (Å²) in [7, 11) is 0. The number of pyridine rings is 1. The second-order valence-corrected chi connectivity index (χ2v) is 8.64. The van der Waals surface area contributed by atoms with E-state index in [0.29, 0.717) is 11.6 Å². The first-order valence-electron chi connectivity index (χ1n) is 10.1. The van der Waals surface area contributed by atoms with Gasteiger partial charge < -0.3 is 5.11 Å². The molecule has 2 heterocycles. The number of hydrogen-bond donors (Lipinski definition) is 2. The first-order chi connectivity index (χ1) is 15.1.